The van der Waals surface area contributed by atoms with Crippen LogP contribution >= 0.6 is 0 Å². The smallest absolute Gasteiger partial charge is 0.235 e. The molecule has 0 aliphatic carbocycles. The molecule has 0 atom stereocenters. The van der Waals surface area contributed by atoms with Crippen molar-refractivity contribution >= 4 is 16.8 Å². The molecular formula is C16H11FO3. The third-order valence-corrected chi connectivity index (χ3v) is 2.88. The molecule has 0 bridgehead atoms. The largest absolute Gasteiger partial charge is 0.485 e. The van der Waals surface area contributed by atoms with E-state index >= 15 is 0 Å². The van der Waals surface area contributed by atoms with Crippen molar-refractivity contribution in [3.63, 3.8) is 0 Å². The molecule has 0 unspecified atom stereocenters. The van der Waals surface area contributed by atoms with E-state index in [2.05, 4.69) is 0 Å². The summed E-state index contributed by atoms with van der Waals surface area (Å²) in [6.45, 7) is -0.147. The molecule has 0 saturated heterocycles. The standard InChI is InChI=1S/C16H11FO3/c17-12-5-7-13(8-6-12)19-10-14(18)16-9-11-3-1-2-4-15(11)20-16/h1-9H,10H2. The molecule has 100 valence electrons. The van der Waals surface area contributed by atoms with Crippen molar-refractivity contribution in [2.45, 2.75) is 0 Å². The molecule has 0 aliphatic heterocycles. The first-order valence-corrected chi connectivity index (χ1v) is 6.12. The molecule has 0 radical (unpaired) electrons. The van der Waals surface area contributed by atoms with E-state index in [1.54, 1.807) is 12.1 Å². The average molecular weight is 270 g/mol. The summed E-state index contributed by atoms with van der Waals surface area (Å²) in [5, 5.41) is 0.873. The summed E-state index contributed by atoms with van der Waals surface area (Å²) in [5.41, 5.74) is 0.664. The Morgan fingerprint density at radius 1 is 1.10 bits per heavy atom. The van der Waals surface area contributed by atoms with Crippen LogP contribution < -0.4 is 4.74 Å². The second kappa shape index (κ2) is 5.17. The van der Waals surface area contributed by atoms with Gasteiger partial charge in [-0.3, -0.25) is 4.79 Å². The molecule has 0 amide bonds. The number of para-hydroxylation sites is 1. The first-order valence-electron chi connectivity index (χ1n) is 6.12. The summed E-state index contributed by atoms with van der Waals surface area (Å²) < 4.78 is 23.5. The van der Waals surface area contributed by atoms with E-state index < -0.39 is 0 Å². The fraction of sp³-hybridized carbons (Fsp3) is 0.0625. The molecular weight excluding hydrogens is 259 g/mol. The number of benzene rings is 2. The van der Waals surface area contributed by atoms with Crippen LogP contribution in [0.2, 0.25) is 0 Å². The lowest BCUT2D eigenvalue weighted by atomic mass is 10.2. The normalized spacial score (nSPS) is 10.7. The molecule has 3 aromatic rings. The van der Waals surface area contributed by atoms with Gasteiger partial charge in [-0.15, -0.1) is 0 Å². The Labute approximate surface area is 114 Å². The third-order valence-electron chi connectivity index (χ3n) is 2.88. The van der Waals surface area contributed by atoms with E-state index in [0.29, 0.717) is 11.3 Å². The van der Waals surface area contributed by atoms with Gasteiger partial charge in [-0.2, -0.15) is 0 Å². The zero-order chi connectivity index (χ0) is 13.9. The lowest BCUT2D eigenvalue weighted by Crippen LogP contribution is -2.10. The molecule has 1 aromatic heterocycles. The fourth-order valence-corrected chi connectivity index (χ4v) is 1.87. The van der Waals surface area contributed by atoms with Crippen LogP contribution in [0.15, 0.2) is 59.0 Å². The number of halogens is 1. The number of hydrogen-bond acceptors (Lipinski definition) is 3. The quantitative estimate of drug-likeness (QED) is 0.676. The minimum atomic E-state index is -0.346. The number of rotatable bonds is 4. The maximum Gasteiger partial charge on any atom is 0.235 e. The predicted octanol–water partition coefficient (Wildman–Crippen LogP) is 3.83. The predicted molar refractivity (Wildman–Crippen MR) is 72.4 cm³/mol. The lowest BCUT2D eigenvalue weighted by molar-refractivity contribution is 0.0896. The van der Waals surface area contributed by atoms with Gasteiger partial charge in [0.25, 0.3) is 0 Å². The monoisotopic (exact) mass is 270 g/mol. The molecule has 0 fully saturated rings. The highest BCUT2D eigenvalue weighted by atomic mass is 19.1. The molecule has 20 heavy (non-hydrogen) atoms. The molecule has 0 N–H and O–H groups in total. The van der Waals surface area contributed by atoms with Crippen LogP contribution in [0.5, 0.6) is 5.75 Å². The summed E-state index contributed by atoms with van der Waals surface area (Å²) in [7, 11) is 0. The van der Waals surface area contributed by atoms with E-state index in [4.69, 9.17) is 9.15 Å². The van der Waals surface area contributed by atoms with Crippen molar-refractivity contribution in [1.29, 1.82) is 0 Å². The summed E-state index contributed by atoms with van der Waals surface area (Å²) in [6.07, 6.45) is 0. The Hall–Kier alpha value is -2.62. The summed E-state index contributed by atoms with van der Waals surface area (Å²) >= 11 is 0. The maximum atomic E-state index is 12.7. The molecule has 2 aromatic carbocycles. The SMILES string of the molecule is O=C(COc1ccc(F)cc1)c1cc2ccccc2o1. The van der Waals surface area contributed by atoms with Gasteiger partial charge < -0.3 is 9.15 Å². The number of Topliss-reactive ketones (excluding diaryl/α,β-unsaturated/α-hetero) is 1. The van der Waals surface area contributed by atoms with Gasteiger partial charge in [-0.25, -0.2) is 4.39 Å². The number of carbonyl (C=O) groups is 1. The van der Waals surface area contributed by atoms with Crippen molar-refractivity contribution in [2.24, 2.45) is 0 Å². The number of ether oxygens (including phenoxy) is 1. The first kappa shape index (κ1) is 12.4. The fourth-order valence-electron chi connectivity index (χ4n) is 1.87. The molecule has 3 rings (SSSR count). The lowest BCUT2D eigenvalue weighted by Gasteiger charge is -2.03. The average Bonchev–Trinajstić information content (AvgIpc) is 2.90. The van der Waals surface area contributed by atoms with E-state index in [-0.39, 0.29) is 24.0 Å². The molecule has 1 heterocycles. The summed E-state index contributed by atoms with van der Waals surface area (Å²) in [5.74, 6) is 0.0932. The minimum Gasteiger partial charge on any atom is -0.485 e. The number of hydrogen-bond donors (Lipinski definition) is 0. The highest BCUT2D eigenvalue weighted by Gasteiger charge is 2.12. The minimum absolute atomic E-state index is 0.147. The van der Waals surface area contributed by atoms with Crippen LogP contribution in [-0.2, 0) is 0 Å². The van der Waals surface area contributed by atoms with Crippen molar-refractivity contribution < 1.29 is 18.3 Å². The van der Waals surface area contributed by atoms with Crippen LogP contribution in [0, 0.1) is 5.82 Å². The van der Waals surface area contributed by atoms with Crippen LogP contribution in [-0.4, -0.2) is 12.4 Å². The van der Waals surface area contributed by atoms with E-state index in [9.17, 15) is 9.18 Å². The molecule has 4 heteroatoms. The van der Waals surface area contributed by atoms with Crippen LogP contribution in [0.4, 0.5) is 4.39 Å². The van der Waals surface area contributed by atoms with Crippen LogP contribution in [0.1, 0.15) is 10.6 Å². The van der Waals surface area contributed by atoms with E-state index in [0.717, 1.165) is 5.39 Å². The molecule has 0 saturated carbocycles. The van der Waals surface area contributed by atoms with Gasteiger partial charge in [-0.1, -0.05) is 18.2 Å². The number of fused-ring (bicyclic) bond motifs is 1. The summed E-state index contributed by atoms with van der Waals surface area (Å²) in [4.78, 5) is 12.0. The van der Waals surface area contributed by atoms with Gasteiger partial charge in [0.2, 0.25) is 5.78 Å². The van der Waals surface area contributed by atoms with Gasteiger partial charge in [0.05, 0.1) is 0 Å². The first-order chi connectivity index (χ1) is 9.72. The van der Waals surface area contributed by atoms with Crippen molar-refractivity contribution in [3.8, 4) is 5.75 Å². The Morgan fingerprint density at radius 2 is 1.85 bits per heavy atom. The number of ketones is 1. The van der Waals surface area contributed by atoms with Crippen LogP contribution in [0.3, 0.4) is 0 Å². The Bertz CT molecular complexity index is 711. The van der Waals surface area contributed by atoms with Gasteiger partial charge in [0.15, 0.2) is 12.4 Å². The number of furan rings is 1. The Kier molecular flexibility index (Phi) is 3.21. The van der Waals surface area contributed by atoms with Crippen molar-refractivity contribution in [2.75, 3.05) is 6.61 Å². The van der Waals surface area contributed by atoms with Gasteiger partial charge in [0.1, 0.15) is 17.1 Å². The number of carbonyl (C=O) groups excluding carboxylic acids is 1. The van der Waals surface area contributed by atoms with E-state index in [1.807, 2.05) is 18.2 Å². The van der Waals surface area contributed by atoms with Crippen molar-refractivity contribution in [3.05, 3.63) is 66.2 Å². The zero-order valence-electron chi connectivity index (χ0n) is 10.5. The Morgan fingerprint density at radius 3 is 2.60 bits per heavy atom. The highest BCUT2D eigenvalue weighted by Crippen LogP contribution is 2.19. The molecule has 0 aliphatic rings. The molecule has 0 spiro atoms. The Balaban J connectivity index is 1.71. The highest BCUT2D eigenvalue weighted by molar-refractivity contribution is 5.98. The maximum absolute atomic E-state index is 12.7. The summed E-state index contributed by atoms with van der Waals surface area (Å²) in [6, 6.07) is 14.6. The zero-order valence-corrected chi connectivity index (χ0v) is 10.5. The topological polar surface area (TPSA) is 39.4 Å². The van der Waals surface area contributed by atoms with Crippen molar-refractivity contribution in [1.82, 2.24) is 0 Å². The van der Waals surface area contributed by atoms with E-state index in [1.165, 1.54) is 24.3 Å². The second-order valence-electron chi connectivity index (χ2n) is 4.31. The third kappa shape index (κ3) is 2.54. The van der Waals surface area contributed by atoms with Gasteiger partial charge >= 0.3 is 0 Å². The van der Waals surface area contributed by atoms with Crippen LogP contribution in [0.25, 0.3) is 11.0 Å². The second-order valence-corrected chi connectivity index (χ2v) is 4.31. The van der Waals surface area contributed by atoms with Gasteiger partial charge in [-0.05, 0) is 36.4 Å². The molecule has 3 nitrogen and oxygen atoms in total. The van der Waals surface area contributed by atoms with Gasteiger partial charge in [0, 0.05) is 5.39 Å².